The first-order valence-corrected chi connectivity index (χ1v) is 18.5. The van der Waals surface area contributed by atoms with Gasteiger partial charge in [-0.25, -0.2) is 4.85 Å². The van der Waals surface area contributed by atoms with Gasteiger partial charge < -0.3 is 9.64 Å². The molecule has 0 aromatic heterocycles. The summed E-state index contributed by atoms with van der Waals surface area (Å²) in [5.74, 6) is 0.882. The average molecular weight is 693 g/mol. The van der Waals surface area contributed by atoms with Crippen molar-refractivity contribution in [1.29, 1.82) is 0 Å². The Morgan fingerprint density at radius 1 is 0.593 bits per heavy atom. The molecule has 1 aliphatic heterocycles. The molecule has 2 aliphatic rings. The van der Waals surface area contributed by atoms with Crippen LogP contribution in [0.1, 0.15) is 41.7 Å². The zero-order valence-electron chi connectivity index (χ0n) is 30.1. The molecule has 0 N–H and O–H groups in total. The minimum Gasteiger partial charge on any atom is -0.472 e. The van der Waals surface area contributed by atoms with E-state index in [9.17, 15) is 0 Å². The Kier molecular flexibility index (Phi) is 7.12. The summed E-state index contributed by atoms with van der Waals surface area (Å²) >= 11 is 0. The van der Waals surface area contributed by atoms with Gasteiger partial charge in [0.05, 0.1) is 12.3 Å². The molecule has 0 amide bonds. The number of ether oxygens (including phenoxy) is 1. The molecule has 8 aromatic rings. The van der Waals surface area contributed by atoms with E-state index in [1.165, 1.54) is 33.0 Å². The summed E-state index contributed by atoms with van der Waals surface area (Å²) in [5, 5.41) is 4.64. The van der Waals surface area contributed by atoms with E-state index in [4.69, 9.17) is 11.3 Å². The number of nitrogens with zero attached hydrogens (tertiary/aromatic N) is 2. The van der Waals surface area contributed by atoms with Crippen LogP contribution in [-0.2, 0) is 11.0 Å². The number of anilines is 3. The molecule has 54 heavy (non-hydrogen) atoms. The second-order valence-electron chi connectivity index (χ2n) is 14.8. The van der Waals surface area contributed by atoms with Crippen LogP contribution in [0.25, 0.3) is 43.6 Å². The van der Waals surface area contributed by atoms with Gasteiger partial charge in [-0.15, -0.1) is 0 Å². The summed E-state index contributed by atoms with van der Waals surface area (Å²) in [5.41, 5.74) is 10.8. The standard InChI is InChI=1S/C51H36N2O/c1-50(2)45-33-37(52-3)27-30-43(45)47-41-22-12-13-23-42(41)49-44(48(47)50)31-32-51(54-49,35-17-6-4-7-18-35)36-25-28-39(29-26-36)53(38-19-8-5-9-20-38)46-24-14-16-34-15-10-11-21-40(34)46/h4-33H,1-2H3. The van der Waals surface area contributed by atoms with E-state index >= 15 is 0 Å². The molecule has 0 spiro atoms. The molecule has 3 heteroatoms. The van der Waals surface area contributed by atoms with Gasteiger partial charge in [-0.05, 0) is 69.4 Å². The van der Waals surface area contributed by atoms with Crippen LogP contribution in [0.4, 0.5) is 22.7 Å². The number of fused-ring (bicyclic) bond motifs is 9. The normalized spacial score (nSPS) is 16.2. The van der Waals surface area contributed by atoms with Gasteiger partial charge in [0.2, 0.25) is 0 Å². The fourth-order valence-corrected chi connectivity index (χ4v) is 8.92. The molecule has 1 atom stereocenters. The topological polar surface area (TPSA) is 16.8 Å². The van der Waals surface area contributed by atoms with E-state index in [0.717, 1.165) is 50.3 Å². The van der Waals surface area contributed by atoms with Gasteiger partial charge in [-0.2, -0.15) is 0 Å². The largest absolute Gasteiger partial charge is 0.472 e. The molecule has 256 valence electrons. The van der Waals surface area contributed by atoms with Crippen LogP contribution in [0, 0.1) is 6.57 Å². The average Bonchev–Trinajstić information content (AvgIpc) is 3.47. The minimum absolute atomic E-state index is 0.329. The summed E-state index contributed by atoms with van der Waals surface area (Å²) in [7, 11) is 0. The van der Waals surface area contributed by atoms with Gasteiger partial charge in [0.1, 0.15) is 5.75 Å². The van der Waals surface area contributed by atoms with E-state index in [-0.39, 0.29) is 5.41 Å². The first kappa shape index (κ1) is 31.8. The van der Waals surface area contributed by atoms with Crippen molar-refractivity contribution in [3.8, 4) is 16.9 Å². The number of benzene rings is 8. The van der Waals surface area contributed by atoms with Crippen molar-refractivity contribution < 1.29 is 4.74 Å². The van der Waals surface area contributed by atoms with Crippen molar-refractivity contribution in [3.05, 3.63) is 215 Å². The molecule has 1 aliphatic carbocycles. The highest BCUT2D eigenvalue weighted by molar-refractivity contribution is 6.08. The lowest BCUT2D eigenvalue weighted by molar-refractivity contribution is 0.163. The predicted octanol–water partition coefficient (Wildman–Crippen LogP) is 13.7. The van der Waals surface area contributed by atoms with Gasteiger partial charge in [0, 0.05) is 44.3 Å². The third-order valence-electron chi connectivity index (χ3n) is 11.4. The Balaban J connectivity index is 1.16. The van der Waals surface area contributed by atoms with Gasteiger partial charge in [0.25, 0.3) is 0 Å². The van der Waals surface area contributed by atoms with Gasteiger partial charge in [0.15, 0.2) is 11.3 Å². The minimum atomic E-state index is -0.881. The molecule has 10 rings (SSSR count). The molecule has 1 heterocycles. The van der Waals surface area contributed by atoms with E-state index in [1.54, 1.807) is 0 Å². The summed E-state index contributed by atoms with van der Waals surface area (Å²) in [6.45, 7) is 12.3. The summed E-state index contributed by atoms with van der Waals surface area (Å²) in [4.78, 5) is 6.12. The number of para-hydroxylation sites is 1. The van der Waals surface area contributed by atoms with E-state index < -0.39 is 5.60 Å². The molecule has 0 radical (unpaired) electrons. The second kappa shape index (κ2) is 12.1. The van der Waals surface area contributed by atoms with Crippen molar-refractivity contribution >= 4 is 50.4 Å². The lowest BCUT2D eigenvalue weighted by Gasteiger charge is -2.38. The predicted molar refractivity (Wildman–Crippen MR) is 223 cm³/mol. The third kappa shape index (κ3) is 4.67. The Morgan fingerprint density at radius 3 is 1.98 bits per heavy atom. The van der Waals surface area contributed by atoms with Gasteiger partial charge in [-0.3, -0.25) is 0 Å². The van der Waals surface area contributed by atoms with Crippen molar-refractivity contribution in [2.75, 3.05) is 4.90 Å². The number of hydrogen-bond acceptors (Lipinski definition) is 2. The molecular formula is C51H36N2O. The zero-order chi connectivity index (χ0) is 36.4. The van der Waals surface area contributed by atoms with Crippen molar-refractivity contribution in [2.24, 2.45) is 0 Å². The molecule has 0 saturated heterocycles. The van der Waals surface area contributed by atoms with Crippen LogP contribution in [0.15, 0.2) is 176 Å². The number of rotatable bonds is 5. The SMILES string of the molecule is [C-]#[N+]c1ccc2c(c1)C(C)(C)c1c3c(c4ccccc4c1-2)OC(c1ccccc1)(c1ccc(N(c2ccccc2)c2cccc4ccccc24)cc1)C=C3. The fourth-order valence-electron chi connectivity index (χ4n) is 8.92. The zero-order valence-corrected chi connectivity index (χ0v) is 30.1. The quantitative estimate of drug-likeness (QED) is 0.167. The van der Waals surface area contributed by atoms with Gasteiger partial charge in [-0.1, -0.05) is 159 Å². The van der Waals surface area contributed by atoms with E-state index in [2.05, 4.69) is 200 Å². The molecule has 0 bridgehead atoms. The van der Waals surface area contributed by atoms with Gasteiger partial charge >= 0.3 is 0 Å². The molecule has 1 unspecified atom stereocenters. The summed E-state index contributed by atoms with van der Waals surface area (Å²) < 4.78 is 7.55. The van der Waals surface area contributed by atoms with E-state index in [1.807, 2.05) is 6.07 Å². The maximum absolute atomic E-state index is 7.73. The smallest absolute Gasteiger partial charge is 0.187 e. The molecule has 0 saturated carbocycles. The number of hydrogen-bond donors (Lipinski definition) is 0. The Bertz CT molecular complexity index is 2830. The Labute approximate surface area is 315 Å². The van der Waals surface area contributed by atoms with E-state index in [0.29, 0.717) is 5.69 Å². The second-order valence-corrected chi connectivity index (χ2v) is 14.8. The van der Waals surface area contributed by atoms with Crippen LogP contribution < -0.4 is 9.64 Å². The first-order chi connectivity index (χ1) is 26.5. The van der Waals surface area contributed by atoms with Crippen molar-refractivity contribution in [2.45, 2.75) is 24.9 Å². The van der Waals surface area contributed by atoms with Crippen LogP contribution in [0.5, 0.6) is 5.75 Å². The molecule has 0 fully saturated rings. The highest BCUT2D eigenvalue weighted by Crippen LogP contribution is 2.58. The first-order valence-electron chi connectivity index (χ1n) is 18.5. The highest BCUT2D eigenvalue weighted by atomic mass is 16.5. The Hall–Kier alpha value is -6.89. The lowest BCUT2D eigenvalue weighted by atomic mass is 9.76. The fraction of sp³-hybridized carbons (Fsp3) is 0.0784. The maximum Gasteiger partial charge on any atom is 0.187 e. The van der Waals surface area contributed by atoms with Crippen molar-refractivity contribution in [1.82, 2.24) is 0 Å². The molecular weight excluding hydrogens is 657 g/mol. The lowest BCUT2D eigenvalue weighted by Crippen LogP contribution is -2.35. The molecule has 8 aromatic carbocycles. The summed E-state index contributed by atoms with van der Waals surface area (Å²) in [6, 6.07) is 59.9. The third-order valence-corrected chi connectivity index (χ3v) is 11.4. The maximum atomic E-state index is 7.73. The van der Waals surface area contributed by atoms with Crippen LogP contribution in [-0.4, -0.2) is 0 Å². The van der Waals surface area contributed by atoms with Crippen LogP contribution >= 0.6 is 0 Å². The Morgan fingerprint density at radius 2 is 1.22 bits per heavy atom. The molecule has 3 nitrogen and oxygen atoms in total. The highest BCUT2D eigenvalue weighted by Gasteiger charge is 2.44. The monoisotopic (exact) mass is 692 g/mol. The van der Waals surface area contributed by atoms with Crippen LogP contribution in [0.3, 0.4) is 0 Å². The van der Waals surface area contributed by atoms with Crippen LogP contribution in [0.2, 0.25) is 0 Å². The summed E-state index contributed by atoms with van der Waals surface area (Å²) in [6.07, 6.45) is 4.54. The van der Waals surface area contributed by atoms with Crippen molar-refractivity contribution in [3.63, 3.8) is 0 Å².